The van der Waals surface area contributed by atoms with E-state index in [1.165, 1.54) is 10.4 Å². The number of nitrogens with zero attached hydrogens (tertiary/aromatic N) is 1. The van der Waals surface area contributed by atoms with E-state index in [9.17, 15) is 13.5 Å². The summed E-state index contributed by atoms with van der Waals surface area (Å²) in [7, 11) is -3.92. The van der Waals surface area contributed by atoms with Crippen molar-refractivity contribution in [2.75, 3.05) is 16.6 Å². The van der Waals surface area contributed by atoms with Gasteiger partial charge in [0.15, 0.2) is 0 Å². The maximum atomic E-state index is 13.1. The van der Waals surface area contributed by atoms with Crippen molar-refractivity contribution < 1.29 is 13.5 Å². The summed E-state index contributed by atoms with van der Waals surface area (Å²) in [6, 6.07) is 9.79. The lowest BCUT2D eigenvalue weighted by Crippen LogP contribution is -2.32. The lowest BCUT2D eigenvalue weighted by atomic mass is 10.1. The van der Waals surface area contributed by atoms with Crippen LogP contribution in [0.3, 0.4) is 0 Å². The Kier molecular flexibility index (Phi) is 4.12. The van der Waals surface area contributed by atoms with Gasteiger partial charge in [-0.05, 0) is 37.0 Å². The van der Waals surface area contributed by atoms with E-state index in [4.69, 9.17) is 17.3 Å². The summed E-state index contributed by atoms with van der Waals surface area (Å²) < 4.78 is 27.5. The minimum absolute atomic E-state index is 0.117. The molecule has 0 saturated carbocycles. The van der Waals surface area contributed by atoms with Crippen LogP contribution in [0.2, 0.25) is 5.02 Å². The molecule has 122 valence electrons. The highest BCUT2D eigenvalue weighted by atomic mass is 35.5. The van der Waals surface area contributed by atoms with Crippen molar-refractivity contribution in [3.05, 3.63) is 47.0 Å². The Morgan fingerprint density at radius 1 is 1.17 bits per heavy atom. The van der Waals surface area contributed by atoms with Crippen LogP contribution >= 0.6 is 11.6 Å². The number of hydrogen-bond acceptors (Lipinski definition) is 4. The standard InChI is InChI=1S/C16H17ClN2O3S/c17-12-9-15(20)16(10-13(12)18)23(21,22)19-8-4-3-6-11-5-1-2-7-14(11)19/h1-2,5,7,9-10,20H,3-4,6,8,18H2. The maximum absolute atomic E-state index is 13.1. The summed E-state index contributed by atoms with van der Waals surface area (Å²) in [6.07, 6.45) is 2.49. The van der Waals surface area contributed by atoms with Gasteiger partial charge < -0.3 is 10.8 Å². The van der Waals surface area contributed by atoms with E-state index in [2.05, 4.69) is 0 Å². The van der Waals surface area contributed by atoms with Crippen molar-refractivity contribution in [1.82, 2.24) is 0 Å². The molecule has 0 fully saturated rings. The lowest BCUT2D eigenvalue weighted by Gasteiger charge is -2.25. The van der Waals surface area contributed by atoms with Crippen molar-refractivity contribution in [2.45, 2.75) is 24.2 Å². The van der Waals surface area contributed by atoms with E-state index >= 15 is 0 Å². The fourth-order valence-corrected chi connectivity index (χ4v) is 4.59. The van der Waals surface area contributed by atoms with Gasteiger partial charge in [-0.1, -0.05) is 29.8 Å². The second-order valence-corrected chi connectivity index (χ2v) is 7.74. The maximum Gasteiger partial charge on any atom is 0.268 e. The highest BCUT2D eigenvalue weighted by molar-refractivity contribution is 7.93. The lowest BCUT2D eigenvalue weighted by molar-refractivity contribution is 0.458. The van der Waals surface area contributed by atoms with Gasteiger partial charge in [0.2, 0.25) is 0 Å². The van der Waals surface area contributed by atoms with Crippen LogP contribution in [-0.4, -0.2) is 20.1 Å². The number of halogens is 1. The molecule has 2 aromatic rings. The van der Waals surface area contributed by atoms with E-state index in [0.717, 1.165) is 30.9 Å². The zero-order chi connectivity index (χ0) is 16.6. The van der Waals surface area contributed by atoms with Crippen LogP contribution in [0.1, 0.15) is 18.4 Å². The molecule has 0 aliphatic carbocycles. The monoisotopic (exact) mass is 352 g/mol. The highest BCUT2D eigenvalue weighted by Gasteiger charge is 2.30. The molecule has 7 heteroatoms. The third kappa shape index (κ3) is 2.84. The molecule has 0 aromatic heterocycles. The van der Waals surface area contributed by atoms with Crippen LogP contribution in [0.5, 0.6) is 5.75 Å². The van der Waals surface area contributed by atoms with Gasteiger partial charge in [0.05, 0.1) is 16.4 Å². The topological polar surface area (TPSA) is 83.6 Å². The summed E-state index contributed by atoms with van der Waals surface area (Å²) in [5.41, 5.74) is 7.46. The first-order valence-electron chi connectivity index (χ1n) is 7.30. The van der Waals surface area contributed by atoms with Crippen LogP contribution in [-0.2, 0) is 16.4 Å². The molecule has 0 atom stereocenters. The van der Waals surface area contributed by atoms with Crippen molar-refractivity contribution in [1.29, 1.82) is 0 Å². The molecule has 3 rings (SSSR count). The van der Waals surface area contributed by atoms with Gasteiger partial charge in [0, 0.05) is 12.6 Å². The summed E-state index contributed by atoms with van der Waals surface area (Å²) in [5.74, 6) is -0.397. The number of para-hydroxylation sites is 1. The van der Waals surface area contributed by atoms with E-state index in [0.29, 0.717) is 12.2 Å². The molecule has 1 aliphatic rings. The zero-order valence-electron chi connectivity index (χ0n) is 12.4. The molecule has 0 spiro atoms. The van der Waals surface area contributed by atoms with Crippen LogP contribution in [0, 0.1) is 0 Å². The Hall–Kier alpha value is -1.92. The quantitative estimate of drug-likeness (QED) is 0.642. The van der Waals surface area contributed by atoms with Gasteiger partial charge in [-0.3, -0.25) is 4.31 Å². The molecule has 0 saturated heterocycles. The largest absolute Gasteiger partial charge is 0.506 e. The molecule has 23 heavy (non-hydrogen) atoms. The number of nitrogen functional groups attached to an aromatic ring is 1. The van der Waals surface area contributed by atoms with Crippen LogP contribution in [0.4, 0.5) is 11.4 Å². The molecule has 0 amide bonds. The molecule has 2 aromatic carbocycles. The number of phenols is 1. The molecule has 5 nitrogen and oxygen atoms in total. The molecule has 0 unspecified atom stereocenters. The smallest absolute Gasteiger partial charge is 0.268 e. The Balaban J connectivity index is 2.15. The predicted octanol–water partition coefficient (Wildman–Crippen LogP) is 3.16. The first kappa shape index (κ1) is 16.0. The Bertz CT molecular complexity index is 852. The van der Waals surface area contributed by atoms with Crippen molar-refractivity contribution >= 4 is 33.0 Å². The summed E-state index contributed by atoms with van der Waals surface area (Å²) >= 11 is 5.84. The number of hydrogen-bond donors (Lipinski definition) is 2. The fraction of sp³-hybridized carbons (Fsp3) is 0.250. The second-order valence-electron chi connectivity index (χ2n) is 5.50. The number of nitrogens with two attached hydrogens (primary N) is 1. The number of benzene rings is 2. The number of aryl methyl sites for hydroxylation is 1. The predicted molar refractivity (Wildman–Crippen MR) is 91.4 cm³/mol. The van der Waals surface area contributed by atoms with Crippen molar-refractivity contribution in [3.8, 4) is 5.75 Å². The van der Waals surface area contributed by atoms with E-state index in [1.807, 2.05) is 18.2 Å². The summed E-state index contributed by atoms with van der Waals surface area (Å²) in [4.78, 5) is -0.226. The minimum atomic E-state index is -3.92. The van der Waals surface area contributed by atoms with Gasteiger partial charge >= 0.3 is 0 Å². The molecule has 1 heterocycles. The van der Waals surface area contributed by atoms with E-state index in [-0.39, 0.29) is 15.6 Å². The summed E-state index contributed by atoms with van der Waals surface area (Å²) in [6.45, 7) is 0.362. The number of fused-ring (bicyclic) bond motifs is 1. The van der Waals surface area contributed by atoms with E-state index in [1.54, 1.807) is 6.07 Å². The van der Waals surface area contributed by atoms with Gasteiger partial charge in [-0.15, -0.1) is 0 Å². The molecular weight excluding hydrogens is 336 g/mol. The Labute approximate surface area is 140 Å². The number of sulfonamides is 1. The number of rotatable bonds is 2. The van der Waals surface area contributed by atoms with Crippen molar-refractivity contribution in [3.63, 3.8) is 0 Å². The third-order valence-corrected chi connectivity index (χ3v) is 6.13. The summed E-state index contributed by atoms with van der Waals surface area (Å²) in [5, 5.41) is 10.2. The second kappa shape index (κ2) is 5.94. The minimum Gasteiger partial charge on any atom is -0.506 e. The molecular formula is C16H17ClN2O3S. The average molecular weight is 353 g/mol. The van der Waals surface area contributed by atoms with Crippen molar-refractivity contribution in [2.24, 2.45) is 0 Å². The Morgan fingerprint density at radius 2 is 1.91 bits per heavy atom. The van der Waals surface area contributed by atoms with Crippen LogP contribution in [0.15, 0.2) is 41.3 Å². The average Bonchev–Trinajstić information content (AvgIpc) is 2.73. The number of phenolic OH excluding ortho intramolecular Hbond substituents is 1. The SMILES string of the molecule is Nc1cc(S(=O)(=O)N2CCCCc3ccccc32)c(O)cc1Cl. The zero-order valence-corrected chi connectivity index (χ0v) is 13.9. The Morgan fingerprint density at radius 3 is 2.70 bits per heavy atom. The third-order valence-electron chi connectivity index (χ3n) is 3.96. The number of aromatic hydroxyl groups is 1. The molecule has 0 radical (unpaired) electrons. The first-order valence-corrected chi connectivity index (χ1v) is 9.11. The molecule has 3 N–H and O–H groups in total. The van der Waals surface area contributed by atoms with Crippen LogP contribution < -0.4 is 10.0 Å². The normalized spacial score (nSPS) is 15.1. The molecule has 0 bridgehead atoms. The highest BCUT2D eigenvalue weighted by Crippen LogP contribution is 2.36. The first-order chi connectivity index (χ1) is 10.9. The van der Waals surface area contributed by atoms with Gasteiger partial charge in [0.25, 0.3) is 10.0 Å². The molecule has 1 aliphatic heterocycles. The number of anilines is 2. The van der Waals surface area contributed by atoms with E-state index < -0.39 is 15.8 Å². The van der Waals surface area contributed by atoms with Gasteiger partial charge in [-0.2, -0.15) is 0 Å². The fourth-order valence-electron chi connectivity index (χ4n) is 2.79. The van der Waals surface area contributed by atoms with Gasteiger partial charge in [0.1, 0.15) is 10.6 Å². The van der Waals surface area contributed by atoms with Crippen LogP contribution in [0.25, 0.3) is 0 Å². The van der Waals surface area contributed by atoms with Gasteiger partial charge in [-0.25, -0.2) is 8.42 Å².